The highest BCUT2D eigenvalue weighted by Crippen LogP contribution is 1.90. The van der Waals surface area contributed by atoms with E-state index in [9.17, 15) is 9.59 Å². The predicted octanol–water partition coefficient (Wildman–Crippen LogP) is 1.22. The number of carbonyl (C=O) groups excluding carboxylic acids is 2. The topological polar surface area (TPSA) is 55.4 Å². The maximum absolute atomic E-state index is 10.8. The molecule has 68 valence electrons. The van der Waals surface area contributed by atoms with Gasteiger partial charge in [-0.05, 0) is 20.8 Å². The first-order valence-electron chi connectivity index (χ1n) is 3.61. The average Bonchev–Trinajstić information content (AvgIpc) is 1.84. The number of rotatable bonds is 2. The number of imide groups is 1. The van der Waals surface area contributed by atoms with Gasteiger partial charge in [-0.25, -0.2) is 4.79 Å². The monoisotopic (exact) mass is 171 g/mol. The van der Waals surface area contributed by atoms with E-state index in [1.807, 2.05) is 5.32 Å². The molecule has 0 aliphatic rings. The van der Waals surface area contributed by atoms with Crippen LogP contribution in [-0.2, 0) is 9.53 Å². The van der Waals surface area contributed by atoms with Crippen LogP contribution in [0.25, 0.3) is 0 Å². The molecule has 0 aromatic carbocycles. The van der Waals surface area contributed by atoms with E-state index in [4.69, 9.17) is 0 Å². The van der Waals surface area contributed by atoms with Gasteiger partial charge < -0.3 is 4.74 Å². The van der Waals surface area contributed by atoms with Crippen molar-refractivity contribution in [2.24, 2.45) is 0 Å². The molecule has 4 heteroatoms. The van der Waals surface area contributed by atoms with Crippen LogP contribution in [0.3, 0.4) is 0 Å². The standard InChI is InChI=1S/C8H13NO3/c1-5(2)7(10)9-8(11)12-6(3)4/h6H,1H2,2-4H3,(H,9,10,11). The van der Waals surface area contributed by atoms with Gasteiger partial charge in [-0.1, -0.05) is 6.58 Å². The number of nitrogens with one attached hydrogen (secondary N) is 1. The van der Waals surface area contributed by atoms with Crippen LogP contribution >= 0.6 is 0 Å². The number of hydrogen-bond donors (Lipinski definition) is 1. The summed E-state index contributed by atoms with van der Waals surface area (Å²) >= 11 is 0. The number of carbonyl (C=O) groups is 2. The first-order valence-corrected chi connectivity index (χ1v) is 3.61. The maximum Gasteiger partial charge on any atom is 0.414 e. The van der Waals surface area contributed by atoms with E-state index in [-0.39, 0.29) is 11.7 Å². The SMILES string of the molecule is C=C(C)C(=O)NC(=O)OC(C)C. The van der Waals surface area contributed by atoms with Crippen molar-refractivity contribution in [3.8, 4) is 0 Å². The summed E-state index contributed by atoms with van der Waals surface area (Å²) in [6.07, 6.45) is -0.971. The highest BCUT2D eigenvalue weighted by Gasteiger charge is 2.09. The van der Waals surface area contributed by atoms with Gasteiger partial charge in [0.1, 0.15) is 0 Å². The molecule has 0 rings (SSSR count). The van der Waals surface area contributed by atoms with Crippen LogP contribution in [0, 0.1) is 0 Å². The molecule has 0 atom stereocenters. The Kier molecular flexibility index (Phi) is 4.04. The fraction of sp³-hybridized carbons (Fsp3) is 0.500. The number of ether oxygens (including phenoxy) is 1. The van der Waals surface area contributed by atoms with Crippen molar-refractivity contribution in [1.82, 2.24) is 5.32 Å². The lowest BCUT2D eigenvalue weighted by Gasteiger charge is -2.07. The number of amides is 2. The summed E-state index contributed by atoms with van der Waals surface area (Å²) in [5.41, 5.74) is 0.274. The molecule has 0 fully saturated rings. The summed E-state index contributed by atoms with van der Waals surface area (Å²) in [6, 6.07) is 0. The summed E-state index contributed by atoms with van der Waals surface area (Å²) in [4.78, 5) is 21.6. The zero-order valence-electron chi connectivity index (χ0n) is 7.51. The molecule has 0 radical (unpaired) electrons. The van der Waals surface area contributed by atoms with Gasteiger partial charge in [-0.2, -0.15) is 0 Å². The zero-order chi connectivity index (χ0) is 9.72. The van der Waals surface area contributed by atoms with E-state index in [2.05, 4.69) is 11.3 Å². The molecule has 0 bridgehead atoms. The molecule has 0 unspecified atom stereocenters. The van der Waals surface area contributed by atoms with Crippen LogP contribution in [0.5, 0.6) is 0 Å². The van der Waals surface area contributed by atoms with Crippen molar-refractivity contribution in [3.05, 3.63) is 12.2 Å². The lowest BCUT2D eigenvalue weighted by atomic mass is 10.3. The van der Waals surface area contributed by atoms with Crippen LogP contribution in [0.2, 0.25) is 0 Å². The molecule has 0 saturated carbocycles. The van der Waals surface area contributed by atoms with Gasteiger partial charge in [0.05, 0.1) is 6.10 Å². The average molecular weight is 171 g/mol. The Balaban J connectivity index is 3.85. The largest absolute Gasteiger partial charge is 0.447 e. The molecular formula is C8H13NO3. The Morgan fingerprint density at radius 1 is 1.42 bits per heavy atom. The first-order chi connectivity index (χ1) is 5.43. The van der Waals surface area contributed by atoms with E-state index in [1.165, 1.54) is 6.92 Å². The third kappa shape index (κ3) is 4.49. The normalized spacial score (nSPS) is 9.33. The van der Waals surface area contributed by atoms with Crippen LogP contribution in [-0.4, -0.2) is 18.1 Å². The van der Waals surface area contributed by atoms with E-state index in [1.54, 1.807) is 13.8 Å². The molecule has 1 N–H and O–H groups in total. The molecule has 0 saturated heterocycles. The molecule has 0 spiro atoms. The second kappa shape index (κ2) is 4.54. The van der Waals surface area contributed by atoms with Gasteiger partial charge in [0.25, 0.3) is 5.91 Å². The summed E-state index contributed by atoms with van der Waals surface area (Å²) in [6.45, 7) is 8.28. The Bertz CT molecular complexity index is 208. The third-order valence-corrected chi connectivity index (χ3v) is 0.946. The molecule has 0 aromatic heterocycles. The highest BCUT2D eigenvalue weighted by molar-refractivity contribution is 6.01. The maximum atomic E-state index is 10.8. The van der Waals surface area contributed by atoms with Crippen molar-refractivity contribution in [2.75, 3.05) is 0 Å². The van der Waals surface area contributed by atoms with Crippen LogP contribution in [0.15, 0.2) is 12.2 Å². The lowest BCUT2D eigenvalue weighted by molar-refractivity contribution is -0.116. The second-order valence-corrected chi connectivity index (χ2v) is 2.69. The minimum absolute atomic E-state index is 0.233. The van der Waals surface area contributed by atoms with Crippen molar-refractivity contribution in [2.45, 2.75) is 26.9 Å². The predicted molar refractivity (Wildman–Crippen MR) is 44.6 cm³/mol. The summed E-state index contributed by atoms with van der Waals surface area (Å²) < 4.78 is 4.66. The third-order valence-electron chi connectivity index (χ3n) is 0.946. The van der Waals surface area contributed by atoms with Gasteiger partial charge in [-0.3, -0.25) is 10.1 Å². The van der Waals surface area contributed by atoms with Crippen molar-refractivity contribution in [1.29, 1.82) is 0 Å². The van der Waals surface area contributed by atoms with Crippen LogP contribution in [0.4, 0.5) is 4.79 Å². The van der Waals surface area contributed by atoms with Crippen molar-refractivity contribution >= 4 is 12.0 Å². The minimum atomic E-state index is -0.738. The van der Waals surface area contributed by atoms with E-state index >= 15 is 0 Å². The van der Waals surface area contributed by atoms with Crippen molar-refractivity contribution in [3.63, 3.8) is 0 Å². The van der Waals surface area contributed by atoms with Gasteiger partial charge in [0.15, 0.2) is 0 Å². The summed E-state index contributed by atoms with van der Waals surface area (Å²) in [5, 5.41) is 2.01. The fourth-order valence-corrected chi connectivity index (χ4v) is 0.443. The van der Waals surface area contributed by atoms with Crippen LogP contribution in [0.1, 0.15) is 20.8 Å². The second-order valence-electron chi connectivity index (χ2n) is 2.69. The fourth-order valence-electron chi connectivity index (χ4n) is 0.443. The summed E-state index contributed by atoms with van der Waals surface area (Å²) in [7, 11) is 0. The van der Waals surface area contributed by atoms with Gasteiger partial charge in [0.2, 0.25) is 0 Å². The molecule has 12 heavy (non-hydrogen) atoms. The lowest BCUT2D eigenvalue weighted by Crippen LogP contribution is -2.32. The quantitative estimate of drug-likeness (QED) is 0.635. The molecule has 0 heterocycles. The summed E-state index contributed by atoms with van der Waals surface area (Å²) in [5.74, 6) is -0.513. The minimum Gasteiger partial charge on any atom is -0.447 e. The smallest absolute Gasteiger partial charge is 0.414 e. The Hall–Kier alpha value is -1.32. The van der Waals surface area contributed by atoms with Gasteiger partial charge >= 0.3 is 6.09 Å². The molecule has 4 nitrogen and oxygen atoms in total. The number of hydrogen-bond acceptors (Lipinski definition) is 3. The van der Waals surface area contributed by atoms with Gasteiger partial charge in [-0.15, -0.1) is 0 Å². The number of alkyl carbamates (subject to hydrolysis) is 1. The highest BCUT2D eigenvalue weighted by atomic mass is 16.6. The van der Waals surface area contributed by atoms with E-state index < -0.39 is 12.0 Å². The molecule has 2 amide bonds. The first kappa shape index (κ1) is 10.7. The van der Waals surface area contributed by atoms with Gasteiger partial charge in [0, 0.05) is 5.57 Å². The Labute approximate surface area is 71.6 Å². The van der Waals surface area contributed by atoms with Crippen molar-refractivity contribution < 1.29 is 14.3 Å². The Morgan fingerprint density at radius 2 is 1.92 bits per heavy atom. The van der Waals surface area contributed by atoms with Crippen LogP contribution < -0.4 is 5.32 Å². The zero-order valence-corrected chi connectivity index (χ0v) is 7.51. The van der Waals surface area contributed by atoms with E-state index in [0.29, 0.717) is 0 Å². The molecule has 0 aliphatic heterocycles. The molecular weight excluding hydrogens is 158 g/mol. The molecule has 0 aliphatic carbocycles. The Morgan fingerprint density at radius 3 is 2.25 bits per heavy atom. The van der Waals surface area contributed by atoms with E-state index in [0.717, 1.165) is 0 Å². The molecule has 0 aromatic rings.